The molecule has 1 atom stereocenters. The van der Waals surface area contributed by atoms with E-state index in [9.17, 15) is 5.11 Å². The second-order valence-electron chi connectivity index (χ2n) is 5.23. The molecule has 1 aliphatic rings. The predicted octanol–water partition coefficient (Wildman–Crippen LogP) is 4.83. The van der Waals surface area contributed by atoms with Crippen LogP contribution >= 0.6 is 15.9 Å². The Morgan fingerprint density at radius 1 is 1.11 bits per heavy atom. The molecule has 1 N–H and O–H groups in total. The summed E-state index contributed by atoms with van der Waals surface area (Å²) in [5.74, 6) is 0.724. The van der Waals surface area contributed by atoms with E-state index >= 15 is 0 Å². The van der Waals surface area contributed by atoms with E-state index in [1.165, 1.54) is 30.0 Å². The fourth-order valence-electron chi connectivity index (χ4n) is 2.75. The molecule has 0 radical (unpaired) electrons. The van der Waals surface area contributed by atoms with Gasteiger partial charge in [-0.2, -0.15) is 0 Å². The summed E-state index contributed by atoms with van der Waals surface area (Å²) in [6, 6.07) is 12.4. The molecule has 1 saturated carbocycles. The molecule has 3 rings (SSSR count). The van der Waals surface area contributed by atoms with Gasteiger partial charge in [-0.1, -0.05) is 65.5 Å². The van der Waals surface area contributed by atoms with Crippen LogP contribution in [0.15, 0.2) is 40.9 Å². The Balaban J connectivity index is 1.97. The highest BCUT2D eigenvalue weighted by Crippen LogP contribution is 2.37. The van der Waals surface area contributed by atoms with Crippen LogP contribution in [0.5, 0.6) is 0 Å². The smallest absolute Gasteiger partial charge is 0.0798 e. The van der Waals surface area contributed by atoms with Crippen LogP contribution in [0.2, 0.25) is 0 Å². The lowest BCUT2D eigenvalue weighted by molar-refractivity contribution is 0.119. The average molecular weight is 305 g/mol. The van der Waals surface area contributed by atoms with Crippen LogP contribution in [0.4, 0.5) is 0 Å². The van der Waals surface area contributed by atoms with Crippen molar-refractivity contribution in [2.75, 3.05) is 0 Å². The molecule has 0 spiro atoms. The molecule has 2 heteroatoms. The molecule has 94 valence electrons. The van der Waals surface area contributed by atoms with Gasteiger partial charge in [-0.3, -0.25) is 0 Å². The molecule has 0 aliphatic heterocycles. The lowest BCUT2D eigenvalue weighted by atomic mass is 9.80. The zero-order chi connectivity index (χ0) is 12.5. The van der Waals surface area contributed by atoms with Crippen molar-refractivity contribution in [1.29, 1.82) is 0 Å². The Labute approximate surface area is 116 Å². The molecular formula is C16H17BrO. The van der Waals surface area contributed by atoms with Gasteiger partial charge < -0.3 is 5.11 Å². The number of benzene rings is 2. The first kappa shape index (κ1) is 12.2. The summed E-state index contributed by atoms with van der Waals surface area (Å²) in [6.45, 7) is 0. The van der Waals surface area contributed by atoms with E-state index in [-0.39, 0.29) is 6.10 Å². The second kappa shape index (κ2) is 5.02. The molecule has 2 aromatic rings. The number of rotatable bonds is 3. The third kappa shape index (κ3) is 2.19. The van der Waals surface area contributed by atoms with Gasteiger partial charge in [0.2, 0.25) is 0 Å². The van der Waals surface area contributed by atoms with Crippen LogP contribution in [0, 0.1) is 5.92 Å². The molecule has 1 aliphatic carbocycles. The lowest BCUT2D eigenvalue weighted by Crippen LogP contribution is -2.15. The maximum absolute atomic E-state index is 10.4. The van der Waals surface area contributed by atoms with E-state index in [0.717, 1.165) is 22.4 Å². The summed E-state index contributed by atoms with van der Waals surface area (Å²) in [4.78, 5) is 0. The molecule has 0 saturated heterocycles. The Kier molecular flexibility index (Phi) is 3.40. The van der Waals surface area contributed by atoms with Gasteiger partial charge in [0.25, 0.3) is 0 Å². The normalized spacial score (nSPS) is 17.7. The highest BCUT2D eigenvalue weighted by molar-refractivity contribution is 9.10. The van der Waals surface area contributed by atoms with Crippen molar-refractivity contribution < 1.29 is 5.11 Å². The number of halogens is 1. The topological polar surface area (TPSA) is 20.2 Å². The molecule has 2 aromatic carbocycles. The SMILES string of the molecule is OC(CC1CCC1)c1ccc(Br)c2ccccc12. The van der Waals surface area contributed by atoms with Gasteiger partial charge in [-0.05, 0) is 34.7 Å². The van der Waals surface area contributed by atoms with Crippen molar-refractivity contribution in [3.8, 4) is 0 Å². The first-order valence-electron chi connectivity index (χ1n) is 6.61. The fraction of sp³-hybridized carbons (Fsp3) is 0.375. The van der Waals surface area contributed by atoms with E-state index in [4.69, 9.17) is 0 Å². The number of aliphatic hydroxyl groups is 1. The largest absolute Gasteiger partial charge is 0.388 e. The Morgan fingerprint density at radius 2 is 1.83 bits per heavy atom. The van der Waals surface area contributed by atoms with E-state index in [1.807, 2.05) is 18.2 Å². The number of fused-ring (bicyclic) bond motifs is 1. The minimum atomic E-state index is -0.326. The Bertz CT molecular complexity index is 560. The molecule has 1 fully saturated rings. The minimum absolute atomic E-state index is 0.326. The fourth-order valence-corrected chi connectivity index (χ4v) is 3.23. The summed E-state index contributed by atoms with van der Waals surface area (Å²) in [5, 5.41) is 12.8. The monoisotopic (exact) mass is 304 g/mol. The maximum atomic E-state index is 10.4. The first-order valence-corrected chi connectivity index (χ1v) is 7.40. The van der Waals surface area contributed by atoms with Gasteiger partial charge in [0.05, 0.1) is 6.10 Å². The highest BCUT2D eigenvalue weighted by Gasteiger charge is 2.22. The summed E-state index contributed by atoms with van der Waals surface area (Å²) >= 11 is 3.57. The van der Waals surface area contributed by atoms with Crippen LogP contribution in [-0.2, 0) is 0 Å². The van der Waals surface area contributed by atoms with E-state index < -0.39 is 0 Å². The third-order valence-corrected chi connectivity index (χ3v) is 4.74. The number of hydrogen-bond donors (Lipinski definition) is 1. The van der Waals surface area contributed by atoms with Gasteiger partial charge in [-0.15, -0.1) is 0 Å². The quantitative estimate of drug-likeness (QED) is 0.861. The third-order valence-electron chi connectivity index (χ3n) is 4.04. The molecule has 0 aromatic heterocycles. The van der Waals surface area contributed by atoms with Gasteiger partial charge in [0.15, 0.2) is 0 Å². The first-order chi connectivity index (χ1) is 8.75. The zero-order valence-corrected chi connectivity index (χ0v) is 11.9. The van der Waals surface area contributed by atoms with Gasteiger partial charge in [0, 0.05) is 4.47 Å². The zero-order valence-electron chi connectivity index (χ0n) is 10.3. The van der Waals surface area contributed by atoms with Crippen LogP contribution in [0.3, 0.4) is 0 Å². The Morgan fingerprint density at radius 3 is 2.50 bits per heavy atom. The van der Waals surface area contributed by atoms with Crippen LogP contribution in [-0.4, -0.2) is 5.11 Å². The highest BCUT2D eigenvalue weighted by atomic mass is 79.9. The predicted molar refractivity (Wildman–Crippen MR) is 78.6 cm³/mol. The summed E-state index contributed by atoms with van der Waals surface area (Å²) in [7, 11) is 0. The standard InChI is InChI=1S/C16H17BrO/c17-15-9-8-14(12-6-1-2-7-13(12)15)16(18)10-11-4-3-5-11/h1-2,6-9,11,16,18H,3-5,10H2. The van der Waals surface area contributed by atoms with Crippen molar-refractivity contribution in [3.05, 3.63) is 46.4 Å². The minimum Gasteiger partial charge on any atom is -0.388 e. The van der Waals surface area contributed by atoms with Crippen molar-refractivity contribution >= 4 is 26.7 Å². The van der Waals surface area contributed by atoms with Gasteiger partial charge >= 0.3 is 0 Å². The van der Waals surface area contributed by atoms with Crippen LogP contribution < -0.4 is 0 Å². The Hall–Kier alpha value is -0.860. The summed E-state index contributed by atoms with van der Waals surface area (Å²) < 4.78 is 1.10. The van der Waals surface area contributed by atoms with Crippen LogP contribution in [0.25, 0.3) is 10.8 Å². The molecule has 1 nitrogen and oxygen atoms in total. The summed E-state index contributed by atoms with van der Waals surface area (Å²) in [6.07, 6.45) is 4.48. The number of aliphatic hydroxyl groups excluding tert-OH is 1. The molecule has 0 heterocycles. The second-order valence-corrected chi connectivity index (χ2v) is 6.08. The molecule has 18 heavy (non-hydrogen) atoms. The molecule has 1 unspecified atom stereocenters. The van der Waals surface area contributed by atoms with Gasteiger partial charge in [0.1, 0.15) is 0 Å². The van der Waals surface area contributed by atoms with Gasteiger partial charge in [-0.25, -0.2) is 0 Å². The van der Waals surface area contributed by atoms with E-state index in [0.29, 0.717) is 0 Å². The van der Waals surface area contributed by atoms with E-state index in [1.54, 1.807) is 0 Å². The maximum Gasteiger partial charge on any atom is 0.0798 e. The van der Waals surface area contributed by atoms with Crippen molar-refractivity contribution in [2.45, 2.75) is 31.8 Å². The number of hydrogen-bond acceptors (Lipinski definition) is 1. The van der Waals surface area contributed by atoms with Crippen LogP contribution in [0.1, 0.15) is 37.4 Å². The van der Waals surface area contributed by atoms with Crippen molar-refractivity contribution in [3.63, 3.8) is 0 Å². The molecular weight excluding hydrogens is 288 g/mol. The molecule has 0 amide bonds. The van der Waals surface area contributed by atoms with Crippen molar-refractivity contribution in [1.82, 2.24) is 0 Å². The average Bonchev–Trinajstić information content (AvgIpc) is 2.34. The summed E-state index contributed by atoms with van der Waals surface area (Å²) in [5.41, 5.74) is 1.07. The molecule has 0 bridgehead atoms. The van der Waals surface area contributed by atoms with Crippen molar-refractivity contribution in [2.24, 2.45) is 5.92 Å². The lowest BCUT2D eigenvalue weighted by Gasteiger charge is -2.28. The van der Waals surface area contributed by atoms with E-state index in [2.05, 4.69) is 34.1 Å².